The van der Waals surface area contributed by atoms with Crippen LogP contribution >= 0.6 is 0 Å². The van der Waals surface area contributed by atoms with Crippen LogP contribution in [-0.2, 0) is 0 Å². The molecule has 2 aromatic heterocycles. The van der Waals surface area contributed by atoms with Crippen LogP contribution in [0.25, 0.3) is 16.9 Å². The third-order valence-electron chi connectivity index (χ3n) is 4.35. The Morgan fingerprint density at radius 3 is 2.23 bits per heavy atom. The first-order chi connectivity index (χ1) is 14.6. The van der Waals surface area contributed by atoms with Gasteiger partial charge in [0.2, 0.25) is 0 Å². The van der Waals surface area contributed by atoms with E-state index in [2.05, 4.69) is 20.9 Å². The molecule has 0 aliphatic rings. The van der Waals surface area contributed by atoms with Gasteiger partial charge in [-0.25, -0.2) is 4.68 Å². The number of hydrogen-bond acceptors (Lipinski definition) is 5. The van der Waals surface area contributed by atoms with Crippen LogP contribution in [-0.4, -0.2) is 31.7 Å². The number of para-hydroxylation sites is 2. The van der Waals surface area contributed by atoms with E-state index in [0.717, 1.165) is 5.69 Å². The molecule has 148 valence electrons. The van der Waals surface area contributed by atoms with Crippen molar-refractivity contribution >= 4 is 11.8 Å². The molecule has 0 spiro atoms. The summed E-state index contributed by atoms with van der Waals surface area (Å²) in [5.41, 5.74) is 6.84. The number of amides is 2. The van der Waals surface area contributed by atoms with Gasteiger partial charge in [-0.2, -0.15) is 5.10 Å². The van der Waals surface area contributed by atoms with Crippen molar-refractivity contribution in [3.05, 3.63) is 96.4 Å². The van der Waals surface area contributed by atoms with Gasteiger partial charge in [0.1, 0.15) is 11.4 Å². The van der Waals surface area contributed by atoms with E-state index >= 15 is 0 Å². The number of benzene rings is 2. The molecule has 30 heavy (non-hydrogen) atoms. The van der Waals surface area contributed by atoms with E-state index < -0.39 is 11.8 Å². The molecule has 4 rings (SSSR count). The molecule has 0 radical (unpaired) electrons. The number of rotatable bonds is 4. The average Bonchev–Trinajstić information content (AvgIpc) is 3.24. The Morgan fingerprint density at radius 1 is 0.833 bits per heavy atom. The minimum atomic E-state index is -0.639. The van der Waals surface area contributed by atoms with Crippen molar-refractivity contribution in [1.29, 1.82) is 0 Å². The van der Waals surface area contributed by atoms with Crippen LogP contribution in [0, 0.1) is 0 Å². The zero-order valence-electron chi connectivity index (χ0n) is 15.7. The third-order valence-corrected chi connectivity index (χ3v) is 4.35. The zero-order chi connectivity index (χ0) is 20.9. The number of carbonyl (C=O) groups is 2. The first kappa shape index (κ1) is 18.9. The molecule has 8 heteroatoms. The smallest absolute Gasteiger partial charge is 0.273 e. The molecule has 0 unspecified atom stereocenters. The van der Waals surface area contributed by atoms with E-state index in [4.69, 9.17) is 0 Å². The second kappa shape index (κ2) is 8.27. The topological polar surface area (TPSA) is 109 Å². The molecule has 0 aliphatic heterocycles. The number of nitrogens with one attached hydrogen (secondary N) is 2. The fourth-order valence-corrected chi connectivity index (χ4v) is 2.88. The van der Waals surface area contributed by atoms with E-state index in [1.54, 1.807) is 47.5 Å². The Labute approximate surface area is 171 Å². The molecular weight excluding hydrogens is 382 g/mol. The third kappa shape index (κ3) is 3.88. The molecule has 2 amide bonds. The summed E-state index contributed by atoms with van der Waals surface area (Å²) in [4.78, 5) is 29.2. The normalized spacial score (nSPS) is 10.4. The lowest BCUT2D eigenvalue weighted by Gasteiger charge is -2.08. The van der Waals surface area contributed by atoms with Crippen LogP contribution in [0.1, 0.15) is 20.7 Å². The predicted molar refractivity (Wildman–Crippen MR) is 110 cm³/mol. The lowest BCUT2D eigenvalue weighted by Crippen LogP contribution is -2.41. The molecule has 0 aliphatic carbocycles. The maximum absolute atomic E-state index is 12.8. The van der Waals surface area contributed by atoms with Crippen molar-refractivity contribution in [2.75, 3.05) is 0 Å². The van der Waals surface area contributed by atoms with Crippen molar-refractivity contribution in [2.45, 2.75) is 0 Å². The molecule has 3 N–H and O–H groups in total. The Bertz CT molecular complexity index is 1190. The van der Waals surface area contributed by atoms with Crippen LogP contribution in [0.3, 0.4) is 0 Å². The number of carbonyl (C=O) groups excluding carboxylic acids is 2. The van der Waals surface area contributed by atoms with Crippen LogP contribution in [0.2, 0.25) is 0 Å². The highest BCUT2D eigenvalue weighted by atomic mass is 16.3. The number of phenolic OH excluding ortho intramolecular Hbond substituents is 1. The summed E-state index contributed by atoms with van der Waals surface area (Å²) in [6.45, 7) is 0. The van der Waals surface area contributed by atoms with Crippen LogP contribution in [0.5, 0.6) is 5.75 Å². The van der Waals surface area contributed by atoms with Crippen molar-refractivity contribution in [3.8, 4) is 22.7 Å². The lowest BCUT2D eigenvalue weighted by molar-refractivity contribution is 0.0845. The Kier molecular flexibility index (Phi) is 5.21. The zero-order valence-corrected chi connectivity index (χ0v) is 15.7. The van der Waals surface area contributed by atoms with Gasteiger partial charge in [0.15, 0.2) is 0 Å². The maximum atomic E-state index is 12.8. The Balaban J connectivity index is 1.62. The number of hydrogen-bond donors (Lipinski definition) is 3. The quantitative estimate of drug-likeness (QED) is 0.457. The Hall–Kier alpha value is -4.46. The van der Waals surface area contributed by atoms with Crippen LogP contribution < -0.4 is 10.9 Å². The molecule has 0 saturated heterocycles. The summed E-state index contributed by atoms with van der Waals surface area (Å²) in [6.07, 6.45) is 4.82. The minimum Gasteiger partial charge on any atom is -0.507 e. The first-order valence-electron chi connectivity index (χ1n) is 9.07. The first-order valence-corrected chi connectivity index (χ1v) is 9.07. The highest BCUT2D eigenvalue weighted by Crippen LogP contribution is 2.23. The number of aromatic nitrogens is 3. The van der Waals surface area contributed by atoms with Gasteiger partial charge in [0, 0.05) is 24.2 Å². The van der Waals surface area contributed by atoms with Gasteiger partial charge in [-0.15, -0.1) is 0 Å². The van der Waals surface area contributed by atoms with E-state index in [9.17, 15) is 14.7 Å². The monoisotopic (exact) mass is 399 g/mol. The van der Waals surface area contributed by atoms with Gasteiger partial charge in [0.25, 0.3) is 11.8 Å². The van der Waals surface area contributed by atoms with Gasteiger partial charge >= 0.3 is 0 Å². The summed E-state index contributed by atoms with van der Waals surface area (Å²) in [7, 11) is 0. The van der Waals surface area contributed by atoms with Crippen molar-refractivity contribution < 1.29 is 14.7 Å². The number of pyridine rings is 1. The van der Waals surface area contributed by atoms with E-state index in [1.807, 2.05) is 30.3 Å². The second-order valence-corrected chi connectivity index (χ2v) is 6.34. The Morgan fingerprint density at radius 2 is 1.53 bits per heavy atom. The van der Waals surface area contributed by atoms with Gasteiger partial charge < -0.3 is 5.11 Å². The molecule has 2 aromatic carbocycles. The summed E-state index contributed by atoms with van der Waals surface area (Å²) in [5, 5.41) is 14.3. The van der Waals surface area contributed by atoms with Crippen molar-refractivity contribution in [2.24, 2.45) is 0 Å². The number of hydrazine groups is 1. The highest BCUT2D eigenvalue weighted by Gasteiger charge is 2.20. The molecule has 2 heterocycles. The fourth-order valence-electron chi connectivity index (χ4n) is 2.88. The molecule has 0 fully saturated rings. The van der Waals surface area contributed by atoms with Gasteiger partial charge in [-0.3, -0.25) is 25.4 Å². The highest BCUT2D eigenvalue weighted by molar-refractivity contribution is 6.03. The molecular formula is C22H17N5O3. The summed E-state index contributed by atoms with van der Waals surface area (Å²) in [5.74, 6) is -1.38. The summed E-state index contributed by atoms with van der Waals surface area (Å²) >= 11 is 0. The van der Waals surface area contributed by atoms with E-state index in [0.29, 0.717) is 11.3 Å². The molecule has 4 aromatic rings. The maximum Gasteiger partial charge on any atom is 0.273 e. The number of phenols is 1. The fraction of sp³-hybridized carbons (Fsp3) is 0. The average molecular weight is 399 g/mol. The molecule has 0 saturated carbocycles. The second-order valence-electron chi connectivity index (χ2n) is 6.34. The predicted octanol–water partition coefficient (Wildman–Crippen LogP) is 2.71. The van der Waals surface area contributed by atoms with E-state index in [1.165, 1.54) is 12.1 Å². The van der Waals surface area contributed by atoms with Gasteiger partial charge in [0.05, 0.1) is 16.8 Å². The molecule has 0 atom stereocenters. The lowest BCUT2D eigenvalue weighted by atomic mass is 10.1. The number of aromatic hydroxyl groups is 1. The molecule has 8 nitrogen and oxygen atoms in total. The largest absolute Gasteiger partial charge is 0.507 e. The van der Waals surface area contributed by atoms with Crippen molar-refractivity contribution in [1.82, 2.24) is 25.6 Å². The van der Waals surface area contributed by atoms with Gasteiger partial charge in [-0.05, 0) is 36.4 Å². The van der Waals surface area contributed by atoms with Crippen molar-refractivity contribution in [3.63, 3.8) is 0 Å². The SMILES string of the molecule is O=C(NNC(=O)c1cn(-c2ccccc2)nc1-c1cccnc1)c1ccccc1O. The summed E-state index contributed by atoms with van der Waals surface area (Å²) < 4.78 is 1.59. The van der Waals surface area contributed by atoms with Gasteiger partial charge in [-0.1, -0.05) is 30.3 Å². The standard InChI is InChI=1S/C22H17N5O3/c28-19-11-5-4-10-17(19)21(29)24-25-22(30)18-14-27(16-8-2-1-3-9-16)26-20(18)15-7-6-12-23-13-15/h1-14,28H,(H,24,29)(H,25,30). The minimum absolute atomic E-state index is 0.0465. The van der Waals surface area contributed by atoms with E-state index in [-0.39, 0.29) is 16.9 Å². The van der Waals surface area contributed by atoms with Crippen LogP contribution in [0.4, 0.5) is 0 Å². The molecule has 0 bridgehead atoms. The van der Waals surface area contributed by atoms with Crippen LogP contribution in [0.15, 0.2) is 85.3 Å². The number of nitrogens with zero attached hydrogens (tertiary/aromatic N) is 3. The summed E-state index contributed by atoms with van der Waals surface area (Å²) in [6, 6.07) is 18.9.